The minimum absolute atomic E-state index is 0.0485. The number of ether oxygens (including phenoxy) is 1. The normalized spacial score (nSPS) is 18.2. The summed E-state index contributed by atoms with van der Waals surface area (Å²) in [5.41, 5.74) is 7.50. The molecule has 2 aromatic rings. The maximum Gasteiger partial charge on any atom is 0.391 e. The van der Waals surface area contributed by atoms with Gasteiger partial charge in [-0.25, -0.2) is 9.78 Å². The van der Waals surface area contributed by atoms with Gasteiger partial charge in [0.2, 0.25) is 0 Å². The number of hydrogen-bond acceptors (Lipinski definition) is 5. The van der Waals surface area contributed by atoms with Crippen LogP contribution in [0, 0.1) is 5.92 Å². The molecule has 0 saturated carbocycles. The Morgan fingerprint density at radius 2 is 1.97 bits per heavy atom. The van der Waals surface area contributed by atoms with Gasteiger partial charge in [-0.2, -0.15) is 13.2 Å². The Hall–Kier alpha value is -2.49. The van der Waals surface area contributed by atoms with Crippen molar-refractivity contribution < 1.29 is 22.7 Å². The first-order valence-corrected chi connectivity index (χ1v) is 10.2. The van der Waals surface area contributed by atoms with Gasteiger partial charge in [-0.05, 0) is 36.6 Å². The highest BCUT2D eigenvalue weighted by molar-refractivity contribution is 7.18. The Labute approximate surface area is 170 Å². The lowest BCUT2D eigenvalue weighted by Crippen LogP contribution is -2.48. The van der Waals surface area contributed by atoms with Crippen LogP contribution in [0.4, 0.5) is 23.1 Å². The molecular weight excluding hydrogens is 405 g/mol. The van der Waals surface area contributed by atoms with E-state index in [4.69, 9.17) is 10.5 Å². The van der Waals surface area contributed by atoms with Crippen LogP contribution in [-0.2, 0) is 6.54 Å². The number of carbonyl (C=O) groups is 1. The van der Waals surface area contributed by atoms with Crippen LogP contribution in [0.15, 0.2) is 24.4 Å². The van der Waals surface area contributed by atoms with Crippen LogP contribution in [0.25, 0.3) is 10.4 Å². The number of thiazole rings is 1. The van der Waals surface area contributed by atoms with E-state index in [-0.39, 0.29) is 32.0 Å². The predicted octanol–water partition coefficient (Wildman–Crippen LogP) is 3.98. The van der Waals surface area contributed by atoms with Gasteiger partial charge in [0.05, 0.1) is 23.9 Å². The number of rotatable bonds is 1. The minimum Gasteiger partial charge on any atom is -0.491 e. The van der Waals surface area contributed by atoms with Crippen molar-refractivity contribution in [2.24, 2.45) is 5.92 Å². The number of alkyl halides is 3. The van der Waals surface area contributed by atoms with Gasteiger partial charge in [0.25, 0.3) is 0 Å². The van der Waals surface area contributed by atoms with E-state index in [0.29, 0.717) is 30.6 Å². The summed E-state index contributed by atoms with van der Waals surface area (Å²) >= 11 is 1.37. The average molecular weight is 426 g/mol. The molecule has 1 fully saturated rings. The fourth-order valence-corrected chi connectivity index (χ4v) is 4.41. The van der Waals surface area contributed by atoms with Gasteiger partial charge >= 0.3 is 12.2 Å². The van der Waals surface area contributed by atoms with Gasteiger partial charge in [-0.15, -0.1) is 0 Å². The third-order valence-corrected chi connectivity index (χ3v) is 6.22. The van der Waals surface area contributed by atoms with Crippen LogP contribution in [0.1, 0.15) is 18.4 Å². The Morgan fingerprint density at radius 1 is 1.21 bits per heavy atom. The Kier molecular flexibility index (Phi) is 5.28. The number of anilines is 1. The SMILES string of the molecule is Nc1ncc(-c2ccc3c(c2)CN(C(=O)N2CCC(C(F)(F)F)CC2)CCO3)s1. The van der Waals surface area contributed by atoms with Gasteiger partial charge < -0.3 is 20.3 Å². The van der Waals surface area contributed by atoms with Crippen molar-refractivity contribution in [3.05, 3.63) is 30.0 Å². The number of fused-ring (bicyclic) bond motifs is 1. The van der Waals surface area contributed by atoms with Crippen LogP contribution < -0.4 is 10.5 Å². The number of carbonyl (C=O) groups excluding carboxylic acids is 1. The molecule has 10 heteroatoms. The van der Waals surface area contributed by atoms with Crippen molar-refractivity contribution in [3.63, 3.8) is 0 Å². The number of nitrogen functional groups attached to an aromatic ring is 1. The van der Waals surface area contributed by atoms with Crippen LogP contribution in [0.2, 0.25) is 0 Å². The number of hydrogen-bond donors (Lipinski definition) is 1. The minimum atomic E-state index is -4.19. The Bertz CT molecular complexity index is 894. The zero-order chi connectivity index (χ0) is 20.6. The third kappa shape index (κ3) is 4.26. The smallest absolute Gasteiger partial charge is 0.391 e. The van der Waals surface area contributed by atoms with Crippen molar-refractivity contribution >= 4 is 22.5 Å². The van der Waals surface area contributed by atoms with Gasteiger partial charge in [-0.1, -0.05) is 11.3 Å². The van der Waals surface area contributed by atoms with Crippen LogP contribution in [-0.4, -0.2) is 53.2 Å². The third-order valence-electron chi connectivity index (χ3n) is 5.35. The number of nitrogens with zero attached hydrogens (tertiary/aromatic N) is 3. The van der Waals surface area contributed by atoms with E-state index in [1.165, 1.54) is 16.2 Å². The monoisotopic (exact) mass is 426 g/mol. The van der Waals surface area contributed by atoms with Gasteiger partial charge in [0.15, 0.2) is 5.13 Å². The largest absolute Gasteiger partial charge is 0.491 e. The number of benzene rings is 1. The molecule has 3 heterocycles. The average Bonchev–Trinajstić information content (AvgIpc) is 3.01. The molecule has 1 aromatic heterocycles. The van der Waals surface area contributed by atoms with Crippen LogP contribution >= 0.6 is 11.3 Å². The summed E-state index contributed by atoms with van der Waals surface area (Å²) in [5, 5.41) is 0.477. The standard InChI is InChI=1S/C19H21F3N4O2S/c20-19(21,22)14-3-5-25(6-4-14)18(27)26-7-8-28-15-2-1-12(9-13(15)11-26)16-10-24-17(23)29-16/h1-2,9-10,14H,3-8,11H2,(H2,23,24). The van der Waals surface area contributed by atoms with Crippen LogP contribution in [0.5, 0.6) is 5.75 Å². The molecule has 0 aliphatic carbocycles. The van der Waals surface area contributed by atoms with E-state index in [2.05, 4.69) is 4.98 Å². The predicted molar refractivity (Wildman–Crippen MR) is 104 cm³/mol. The maximum atomic E-state index is 12.9. The van der Waals surface area contributed by atoms with Gasteiger partial charge in [0.1, 0.15) is 12.4 Å². The first kappa shape index (κ1) is 19.8. The molecule has 1 aromatic carbocycles. The zero-order valence-corrected chi connectivity index (χ0v) is 16.4. The Morgan fingerprint density at radius 3 is 2.62 bits per heavy atom. The number of aromatic nitrogens is 1. The zero-order valence-electron chi connectivity index (χ0n) is 15.6. The van der Waals surface area contributed by atoms with E-state index >= 15 is 0 Å². The second-order valence-electron chi connectivity index (χ2n) is 7.24. The van der Waals surface area contributed by atoms with E-state index in [9.17, 15) is 18.0 Å². The maximum absolute atomic E-state index is 12.9. The summed E-state index contributed by atoms with van der Waals surface area (Å²) in [5.74, 6) is -0.619. The van der Waals surface area contributed by atoms with E-state index in [1.54, 1.807) is 11.1 Å². The van der Waals surface area contributed by atoms with Crippen molar-refractivity contribution in [2.75, 3.05) is 32.0 Å². The molecule has 0 unspecified atom stereocenters. The molecule has 0 atom stereocenters. The molecule has 2 amide bonds. The summed E-state index contributed by atoms with van der Waals surface area (Å²) in [6.07, 6.45) is -2.59. The second kappa shape index (κ2) is 7.74. The number of likely N-dealkylation sites (tertiary alicyclic amines) is 1. The fourth-order valence-electron chi connectivity index (χ4n) is 3.73. The molecule has 2 aliphatic rings. The summed E-state index contributed by atoms with van der Waals surface area (Å²) in [6.45, 7) is 1.30. The van der Waals surface area contributed by atoms with Crippen molar-refractivity contribution in [3.8, 4) is 16.2 Å². The van der Waals surface area contributed by atoms with Crippen molar-refractivity contribution in [1.29, 1.82) is 0 Å². The molecule has 4 rings (SSSR count). The summed E-state index contributed by atoms with van der Waals surface area (Å²) < 4.78 is 44.4. The lowest BCUT2D eigenvalue weighted by molar-refractivity contribution is -0.183. The summed E-state index contributed by atoms with van der Waals surface area (Å²) in [4.78, 5) is 21.1. The molecular formula is C19H21F3N4O2S. The summed E-state index contributed by atoms with van der Waals surface area (Å²) in [7, 11) is 0. The molecule has 1 saturated heterocycles. The molecule has 2 N–H and O–H groups in total. The lowest BCUT2D eigenvalue weighted by Gasteiger charge is -2.35. The highest BCUT2D eigenvalue weighted by Gasteiger charge is 2.42. The van der Waals surface area contributed by atoms with E-state index < -0.39 is 12.1 Å². The highest BCUT2D eigenvalue weighted by atomic mass is 32.1. The van der Waals surface area contributed by atoms with E-state index in [1.807, 2.05) is 18.2 Å². The van der Waals surface area contributed by atoms with Crippen molar-refractivity contribution in [2.45, 2.75) is 25.6 Å². The summed E-state index contributed by atoms with van der Waals surface area (Å²) in [6, 6.07) is 5.49. The topological polar surface area (TPSA) is 71.7 Å². The number of halogens is 3. The lowest BCUT2D eigenvalue weighted by atomic mass is 9.96. The number of amides is 2. The molecule has 2 aliphatic heterocycles. The van der Waals surface area contributed by atoms with E-state index in [0.717, 1.165) is 16.0 Å². The van der Waals surface area contributed by atoms with Crippen molar-refractivity contribution in [1.82, 2.24) is 14.8 Å². The molecule has 156 valence electrons. The fraction of sp³-hybridized carbons (Fsp3) is 0.474. The quantitative estimate of drug-likeness (QED) is 0.749. The Balaban J connectivity index is 1.47. The first-order valence-electron chi connectivity index (χ1n) is 9.39. The molecule has 0 radical (unpaired) electrons. The molecule has 0 bridgehead atoms. The van der Waals surface area contributed by atoms with Crippen LogP contribution in [0.3, 0.4) is 0 Å². The van der Waals surface area contributed by atoms with Gasteiger partial charge in [0, 0.05) is 24.8 Å². The van der Waals surface area contributed by atoms with Gasteiger partial charge in [-0.3, -0.25) is 0 Å². The molecule has 29 heavy (non-hydrogen) atoms. The number of piperidine rings is 1. The highest BCUT2D eigenvalue weighted by Crippen LogP contribution is 2.35. The number of urea groups is 1. The second-order valence-corrected chi connectivity index (χ2v) is 8.30. The number of nitrogens with two attached hydrogens (primary N) is 1. The first-order chi connectivity index (χ1) is 13.8. The molecule has 6 nitrogen and oxygen atoms in total. The molecule has 0 spiro atoms.